The van der Waals surface area contributed by atoms with E-state index in [1.165, 1.54) is 7.11 Å². The maximum atomic E-state index is 12.4. The molecule has 4 atom stereocenters. The van der Waals surface area contributed by atoms with E-state index in [-0.39, 0.29) is 25.9 Å². The van der Waals surface area contributed by atoms with Gasteiger partial charge in [-0.3, -0.25) is 0 Å². The number of esters is 1. The highest BCUT2D eigenvalue weighted by Crippen LogP contribution is 2.31. The number of benzene rings is 2. The topological polar surface area (TPSA) is 83.5 Å². The molecule has 0 fully saturated rings. The Balaban J connectivity index is 2.19. The smallest absolute Gasteiger partial charge is 0.338 e. The van der Waals surface area contributed by atoms with Crippen LogP contribution in [0, 0.1) is 5.92 Å². The zero-order valence-corrected chi connectivity index (χ0v) is 20.2. The van der Waals surface area contributed by atoms with Gasteiger partial charge in [0, 0.05) is 13.0 Å². The zero-order chi connectivity index (χ0) is 24.3. The second-order valence-corrected chi connectivity index (χ2v) is 8.18. The van der Waals surface area contributed by atoms with Gasteiger partial charge in [0.1, 0.15) is 18.1 Å². The van der Waals surface area contributed by atoms with Crippen molar-refractivity contribution in [1.29, 1.82) is 0 Å². The van der Waals surface area contributed by atoms with Crippen LogP contribution in [0.15, 0.2) is 54.6 Å². The number of carbonyl (C=O) groups excluding carboxylic acids is 1. The molecule has 0 aromatic heterocycles. The second-order valence-electron chi connectivity index (χ2n) is 8.18. The molecule has 2 aromatic rings. The molecular weight excluding hydrogens is 424 g/mol. The molecule has 0 heterocycles. The van der Waals surface area contributed by atoms with E-state index in [1.54, 1.807) is 38.3 Å². The van der Waals surface area contributed by atoms with Crippen molar-refractivity contribution in [3.05, 3.63) is 65.7 Å². The zero-order valence-electron chi connectivity index (χ0n) is 20.2. The summed E-state index contributed by atoms with van der Waals surface area (Å²) < 4.78 is 28.2. The number of methoxy groups -OCH3 is 2. The first-order chi connectivity index (χ1) is 15.8. The van der Waals surface area contributed by atoms with E-state index in [0.717, 1.165) is 11.3 Å². The summed E-state index contributed by atoms with van der Waals surface area (Å²) in [5, 5.41) is 10.9. The third-order valence-electron chi connectivity index (χ3n) is 5.69. The quantitative estimate of drug-likeness (QED) is 0.334. The number of ether oxygens (including phenoxy) is 5. The Bertz CT molecular complexity index is 824. The van der Waals surface area contributed by atoms with Gasteiger partial charge in [-0.2, -0.15) is 0 Å². The van der Waals surface area contributed by atoms with Gasteiger partial charge >= 0.3 is 5.97 Å². The lowest BCUT2D eigenvalue weighted by molar-refractivity contribution is -0.237. The fourth-order valence-electron chi connectivity index (χ4n) is 3.71. The molecule has 0 aliphatic heterocycles. The summed E-state index contributed by atoms with van der Waals surface area (Å²) in [7, 11) is 3.14. The number of hydrogen-bond acceptors (Lipinski definition) is 7. The van der Waals surface area contributed by atoms with Gasteiger partial charge in [-0.15, -0.1) is 0 Å². The van der Waals surface area contributed by atoms with Crippen LogP contribution in [0.25, 0.3) is 0 Å². The third kappa shape index (κ3) is 7.54. The van der Waals surface area contributed by atoms with Crippen LogP contribution in [-0.2, 0) is 25.6 Å². The predicted octanol–water partition coefficient (Wildman–Crippen LogP) is 4.22. The van der Waals surface area contributed by atoms with Crippen molar-refractivity contribution in [3.8, 4) is 5.75 Å². The molecule has 0 spiro atoms. The van der Waals surface area contributed by atoms with Gasteiger partial charge in [-0.1, -0.05) is 44.2 Å². The van der Waals surface area contributed by atoms with Crippen LogP contribution in [-0.4, -0.2) is 56.5 Å². The summed E-state index contributed by atoms with van der Waals surface area (Å²) in [6.07, 6.45) is -0.951. The summed E-state index contributed by atoms with van der Waals surface area (Å²) in [4.78, 5) is 12.4. The Morgan fingerprint density at radius 2 is 1.73 bits per heavy atom. The normalized spacial score (nSPS) is 15.8. The summed E-state index contributed by atoms with van der Waals surface area (Å²) in [5.41, 5.74) is 0.331. The van der Waals surface area contributed by atoms with Crippen molar-refractivity contribution < 1.29 is 33.6 Å². The molecule has 7 heteroatoms. The van der Waals surface area contributed by atoms with Crippen molar-refractivity contribution in [2.75, 3.05) is 27.6 Å². The molecule has 33 heavy (non-hydrogen) atoms. The largest absolute Gasteiger partial charge is 0.497 e. The molecule has 2 rings (SSSR count). The molecule has 0 saturated carbocycles. The van der Waals surface area contributed by atoms with Crippen LogP contribution >= 0.6 is 0 Å². The molecule has 1 N–H and O–H groups in total. The van der Waals surface area contributed by atoms with E-state index in [4.69, 9.17) is 23.7 Å². The van der Waals surface area contributed by atoms with Crippen LogP contribution in [0.3, 0.4) is 0 Å². The van der Waals surface area contributed by atoms with Crippen molar-refractivity contribution in [2.45, 2.75) is 51.6 Å². The standard InChI is InChI=1S/C26H36O7/c1-6-23(27)26(3,33-18-29-4)24(31-17-20-12-14-22(30-5)15-13-20)19(2)16-32-25(28)21-10-8-7-9-11-21/h7-15,19,23-24,27H,6,16-18H2,1-5H3/t19-,23+,24+,26+/m0/s1. The van der Waals surface area contributed by atoms with E-state index in [2.05, 4.69) is 0 Å². The minimum atomic E-state index is -1.09. The van der Waals surface area contributed by atoms with Gasteiger partial charge in [0.15, 0.2) is 0 Å². The Labute approximate surface area is 196 Å². The van der Waals surface area contributed by atoms with Crippen molar-refractivity contribution in [1.82, 2.24) is 0 Å². The first-order valence-corrected chi connectivity index (χ1v) is 11.1. The van der Waals surface area contributed by atoms with Gasteiger partial charge < -0.3 is 28.8 Å². The Morgan fingerprint density at radius 3 is 2.30 bits per heavy atom. The van der Waals surface area contributed by atoms with E-state index in [1.807, 2.05) is 44.2 Å². The fraction of sp³-hybridized carbons (Fsp3) is 0.500. The number of aliphatic hydroxyl groups excluding tert-OH is 1. The first kappa shape index (κ1) is 26.8. The van der Waals surface area contributed by atoms with Gasteiger partial charge in [0.2, 0.25) is 0 Å². The minimum absolute atomic E-state index is 0.00746. The molecule has 7 nitrogen and oxygen atoms in total. The maximum Gasteiger partial charge on any atom is 0.338 e. The van der Waals surface area contributed by atoms with E-state index >= 15 is 0 Å². The lowest BCUT2D eigenvalue weighted by Gasteiger charge is -2.43. The number of carbonyl (C=O) groups is 1. The van der Waals surface area contributed by atoms with Crippen LogP contribution in [0.1, 0.15) is 43.1 Å². The number of hydrogen-bond donors (Lipinski definition) is 1. The molecule has 2 aromatic carbocycles. The van der Waals surface area contributed by atoms with E-state index < -0.39 is 23.8 Å². The number of rotatable bonds is 14. The van der Waals surface area contributed by atoms with Gasteiger partial charge in [-0.25, -0.2) is 4.79 Å². The van der Waals surface area contributed by atoms with Crippen LogP contribution in [0.5, 0.6) is 5.75 Å². The highest BCUT2D eigenvalue weighted by atomic mass is 16.7. The average Bonchev–Trinajstić information content (AvgIpc) is 2.86. The Hall–Kier alpha value is -2.45. The first-order valence-electron chi connectivity index (χ1n) is 11.1. The molecule has 0 bridgehead atoms. The molecule has 0 saturated heterocycles. The van der Waals surface area contributed by atoms with Gasteiger partial charge in [-0.05, 0) is 43.2 Å². The van der Waals surface area contributed by atoms with Crippen molar-refractivity contribution in [2.24, 2.45) is 5.92 Å². The Morgan fingerprint density at radius 1 is 1.06 bits per heavy atom. The van der Waals surface area contributed by atoms with E-state index in [0.29, 0.717) is 12.0 Å². The van der Waals surface area contributed by atoms with Gasteiger partial charge in [0.05, 0.1) is 38.1 Å². The highest BCUT2D eigenvalue weighted by molar-refractivity contribution is 5.89. The minimum Gasteiger partial charge on any atom is -0.497 e. The summed E-state index contributed by atoms with van der Waals surface area (Å²) >= 11 is 0. The average molecular weight is 461 g/mol. The third-order valence-corrected chi connectivity index (χ3v) is 5.69. The van der Waals surface area contributed by atoms with Gasteiger partial charge in [0.25, 0.3) is 0 Å². The SMILES string of the molecule is CC[C@@H](O)[C@@](C)(OCOC)[C@H](OCc1ccc(OC)cc1)[C@@H](C)COC(=O)c1ccccc1. The lowest BCUT2D eigenvalue weighted by atomic mass is 9.83. The lowest BCUT2D eigenvalue weighted by Crippen LogP contribution is -2.56. The fourth-order valence-corrected chi connectivity index (χ4v) is 3.71. The molecule has 0 amide bonds. The molecule has 0 radical (unpaired) electrons. The maximum absolute atomic E-state index is 12.4. The van der Waals surface area contributed by atoms with Crippen molar-refractivity contribution >= 4 is 5.97 Å². The molecule has 0 aliphatic carbocycles. The molecular formula is C26H36O7. The van der Waals surface area contributed by atoms with Crippen LogP contribution in [0.4, 0.5) is 0 Å². The molecule has 0 unspecified atom stereocenters. The van der Waals surface area contributed by atoms with Crippen molar-refractivity contribution in [3.63, 3.8) is 0 Å². The van der Waals surface area contributed by atoms with Crippen LogP contribution in [0.2, 0.25) is 0 Å². The number of aliphatic hydroxyl groups is 1. The Kier molecular flexibility index (Phi) is 10.8. The monoisotopic (exact) mass is 460 g/mol. The second kappa shape index (κ2) is 13.3. The van der Waals surface area contributed by atoms with Crippen LogP contribution < -0.4 is 4.74 Å². The highest BCUT2D eigenvalue weighted by Gasteiger charge is 2.45. The molecule has 0 aliphatic rings. The summed E-state index contributed by atoms with van der Waals surface area (Å²) in [6.45, 7) is 5.96. The van der Waals surface area contributed by atoms with E-state index in [9.17, 15) is 9.90 Å². The predicted molar refractivity (Wildman–Crippen MR) is 125 cm³/mol. The summed E-state index contributed by atoms with van der Waals surface area (Å²) in [5.74, 6) is 0.0667. The summed E-state index contributed by atoms with van der Waals surface area (Å²) in [6, 6.07) is 16.4. The molecule has 182 valence electrons.